The first-order chi connectivity index (χ1) is 11.6. The molecule has 0 aromatic heterocycles. The third-order valence-electron chi connectivity index (χ3n) is 5.06. The van der Waals surface area contributed by atoms with Crippen molar-refractivity contribution in [3.8, 4) is 0 Å². The average Bonchev–Trinajstić information content (AvgIpc) is 3.00. The lowest BCUT2D eigenvalue weighted by atomic mass is 9.84. The zero-order chi connectivity index (χ0) is 18.7. The van der Waals surface area contributed by atoms with Crippen molar-refractivity contribution < 1.29 is 9.59 Å². The van der Waals surface area contributed by atoms with Gasteiger partial charge in [0.25, 0.3) is 0 Å². The molecule has 0 aromatic carbocycles. The lowest BCUT2D eigenvalue weighted by Gasteiger charge is -2.30. The maximum Gasteiger partial charge on any atom is 0.315 e. The molecule has 0 bridgehead atoms. The summed E-state index contributed by atoms with van der Waals surface area (Å²) >= 11 is 1.94. The van der Waals surface area contributed by atoms with Crippen molar-refractivity contribution in [3.63, 3.8) is 0 Å². The van der Waals surface area contributed by atoms with Gasteiger partial charge in [0.15, 0.2) is 0 Å². The van der Waals surface area contributed by atoms with Crippen LogP contribution in [0.25, 0.3) is 0 Å². The Balaban J connectivity index is 1.61. The summed E-state index contributed by atoms with van der Waals surface area (Å²) in [5, 5.41) is 9.66. The van der Waals surface area contributed by atoms with Crippen molar-refractivity contribution in [1.29, 1.82) is 0 Å². The Hall–Kier alpha value is -0.910. The van der Waals surface area contributed by atoms with E-state index in [1.54, 1.807) is 0 Å². The Labute approximate surface area is 156 Å². The smallest absolute Gasteiger partial charge is 0.315 e. The largest absolute Gasteiger partial charge is 0.351 e. The number of carbonyl (C=O) groups excluding carboxylic acids is 2. The molecule has 2 aliphatic heterocycles. The average molecular weight is 370 g/mol. The Morgan fingerprint density at radius 1 is 1.16 bits per heavy atom. The van der Waals surface area contributed by atoms with Crippen molar-refractivity contribution in [1.82, 2.24) is 16.0 Å². The van der Waals surface area contributed by atoms with E-state index < -0.39 is 0 Å². The normalized spacial score (nSPS) is 26.1. The quantitative estimate of drug-likeness (QED) is 0.453. The molecule has 3 amide bonds. The molecule has 2 saturated heterocycles. The highest BCUT2D eigenvalue weighted by Gasteiger charge is 2.42. The highest BCUT2D eigenvalue weighted by molar-refractivity contribution is 8.00. The van der Waals surface area contributed by atoms with Crippen molar-refractivity contribution in [3.05, 3.63) is 0 Å². The van der Waals surface area contributed by atoms with Gasteiger partial charge in [-0.15, -0.1) is 0 Å². The summed E-state index contributed by atoms with van der Waals surface area (Å²) in [6.45, 7) is 10.9. The van der Waals surface area contributed by atoms with Crippen LogP contribution in [0.4, 0.5) is 4.79 Å². The molecule has 6 heteroatoms. The van der Waals surface area contributed by atoms with E-state index in [4.69, 9.17) is 0 Å². The van der Waals surface area contributed by atoms with Gasteiger partial charge in [0, 0.05) is 23.0 Å². The number of nitrogens with one attached hydrogen (secondary N) is 3. The first-order valence-corrected chi connectivity index (χ1v) is 10.6. The molecule has 2 rings (SSSR count). The molecule has 2 heterocycles. The van der Waals surface area contributed by atoms with Gasteiger partial charge in [-0.3, -0.25) is 4.79 Å². The number of amides is 3. The van der Waals surface area contributed by atoms with Crippen molar-refractivity contribution >= 4 is 23.7 Å². The van der Waals surface area contributed by atoms with E-state index in [1.165, 1.54) is 0 Å². The van der Waals surface area contributed by atoms with Crippen LogP contribution >= 0.6 is 11.8 Å². The molecule has 0 unspecified atom stereocenters. The number of thioether (sulfide) groups is 1. The van der Waals surface area contributed by atoms with Crippen molar-refractivity contribution in [2.75, 3.05) is 5.75 Å². The third kappa shape index (κ3) is 6.72. The standard InChI is InChI=1S/C19H35N3O2S/c1-18(2,3)10-11-19(4,5)22-15(23)9-7-6-8-14-16-13(12-25-14)20-17(24)21-16/h13-14,16H,6-12H2,1-5H3,(H,22,23)(H2,20,21,24)/t13-,14-,16-/m0/s1. The minimum Gasteiger partial charge on any atom is -0.351 e. The van der Waals surface area contributed by atoms with Gasteiger partial charge in [-0.2, -0.15) is 11.8 Å². The maximum atomic E-state index is 12.2. The van der Waals surface area contributed by atoms with Gasteiger partial charge in [0.1, 0.15) is 0 Å². The van der Waals surface area contributed by atoms with Gasteiger partial charge < -0.3 is 16.0 Å². The summed E-state index contributed by atoms with van der Waals surface area (Å²) in [6, 6.07) is 0.522. The molecule has 144 valence electrons. The molecule has 2 fully saturated rings. The second kappa shape index (κ2) is 8.19. The topological polar surface area (TPSA) is 70.2 Å². The fourth-order valence-corrected chi connectivity index (χ4v) is 5.01. The summed E-state index contributed by atoms with van der Waals surface area (Å²) in [5.74, 6) is 1.16. The SMILES string of the molecule is CC(C)(C)CCC(C)(C)NC(=O)CCCC[C@@H]1SC[C@@H]2NC(=O)N[C@@H]21. The predicted octanol–water partition coefficient (Wildman–Crippen LogP) is 3.43. The van der Waals surface area contributed by atoms with Crippen LogP contribution in [0.3, 0.4) is 0 Å². The van der Waals surface area contributed by atoms with Crippen LogP contribution in [0, 0.1) is 5.41 Å². The second-order valence-electron chi connectivity index (χ2n) is 9.36. The fourth-order valence-electron chi connectivity index (χ4n) is 3.46. The Kier molecular flexibility index (Phi) is 6.68. The van der Waals surface area contributed by atoms with Crippen LogP contribution in [0.5, 0.6) is 0 Å². The summed E-state index contributed by atoms with van der Waals surface area (Å²) in [7, 11) is 0. The van der Waals surface area contributed by atoms with Gasteiger partial charge in [-0.1, -0.05) is 27.2 Å². The lowest BCUT2D eigenvalue weighted by molar-refractivity contribution is -0.122. The summed E-state index contributed by atoms with van der Waals surface area (Å²) in [4.78, 5) is 23.6. The van der Waals surface area contributed by atoms with Gasteiger partial charge in [0.05, 0.1) is 12.1 Å². The monoisotopic (exact) mass is 369 g/mol. The molecule has 5 nitrogen and oxygen atoms in total. The van der Waals surface area contributed by atoms with E-state index in [0.29, 0.717) is 17.1 Å². The molecular weight excluding hydrogens is 334 g/mol. The molecular formula is C19H35N3O2S. The maximum absolute atomic E-state index is 12.2. The number of fused-ring (bicyclic) bond motifs is 1. The first kappa shape index (κ1) is 20.4. The van der Waals surface area contributed by atoms with Crippen LogP contribution in [-0.4, -0.2) is 40.6 Å². The zero-order valence-corrected chi connectivity index (χ0v) is 17.2. The van der Waals surface area contributed by atoms with E-state index >= 15 is 0 Å². The van der Waals surface area contributed by atoms with Gasteiger partial charge in [0.2, 0.25) is 5.91 Å². The van der Waals surface area contributed by atoms with Crippen LogP contribution in [0.2, 0.25) is 0 Å². The Bertz CT molecular complexity index is 488. The van der Waals surface area contributed by atoms with Crippen LogP contribution < -0.4 is 16.0 Å². The van der Waals surface area contributed by atoms with E-state index in [9.17, 15) is 9.59 Å². The van der Waals surface area contributed by atoms with Crippen LogP contribution in [-0.2, 0) is 4.79 Å². The molecule has 0 spiro atoms. The van der Waals surface area contributed by atoms with Gasteiger partial charge >= 0.3 is 6.03 Å². The molecule has 3 N–H and O–H groups in total. The summed E-state index contributed by atoms with van der Waals surface area (Å²) < 4.78 is 0. The summed E-state index contributed by atoms with van der Waals surface area (Å²) in [5.41, 5.74) is 0.155. The third-order valence-corrected chi connectivity index (χ3v) is 6.57. The number of unbranched alkanes of at least 4 members (excludes halogenated alkanes) is 1. The van der Waals surface area contributed by atoms with E-state index in [-0.39, 0.29) is 29.6 Å². The molecule has 0 radical (unpaired) electrons. The van der Waals surface area contributed by atoms with Crippen molar-refractivity contribution in [2.45, 2.75) is 96.0 Å². The number of hydrogen-bond donors (Lipinski definition) is 3. The molecule has 3 atom stereocenters. The Morgan fingerprint density at radius 3 is 2.56 bits per heavy atom. The van der Waals surface area contributed by atoms with Crippen LogP contribution in [0.15, 0.2) is 0 Å². The van der Waals surface area contributed by atoms with Crippen LogP contribution in [0.1, 0.15) is 73.1 Å². The number of urea groups is 1. The molecule has 0 aromatic rings. The summed E-state index contributed by atoms with van der Waals surface area (Å²) in [6.07, 6.45) is 5.70. The zero-order valence-electron chi connectivity index (χ0n) is 16.4. The van der Waals surface area contributed by atoms with E-state index in [0.717, 1.165) is 37.9 Å². The molecule has 0 saturated carbocycles. The Morgan fingerprint density at radius 2 is 1.88 bits per heavy atom. The van der Waals surface area contributed by atoms with Gasteiger partial charge in [-0.25, -0.2) is 4.79 Å². The molecule has 0 aliphatic carbocycles. The molecule has 2 aliphatic rings. The highest BCUT2D eigenvalue weighted by atomic mass is 32.2. The van der Waals surface area contributed by atoms with E-state index in [1.807, 2.05) is 11.8 Å². The van der Waals surface area contributed by atoms with Gasteiger partial charge in [-0.05, 0) is 44.9 Å². The second-order valence-corrected chi connectivity index (χ2v) is 10.6. The molecule has 25 heavy (non-hydrogen) atoms. The van der Waals surface area contributed by atoms with Crippen molar-refractivity contribution in [2.24, 2.45) is 5.41 Å². The number of rotatable bonds is 8. The lowest BCUT2D eigenvalue weighted by Crippen LogP contribution is -2.43. The number of hydrogen-bond acceptors (Lipinski definition) is 3. The fraction of sp³-hybridized carbons (Fsp3) is 0.895. The van der Waals surface area contributed by atoms with E-state index in [2.05, 4.69) is 50.6 Å². The predicted molar refractivity (Wildman–Crippen MR) is 105 cm³/mol. The first-order valence-electron chi connectivity index (χ1n) is 9.55. The highest BCUT2D eigenvalue weighted by Crippen LogP contribution is 2.33. The number of carbonyl (C=O) groups is 2. The minimum atomic E-state index is -0.140. The minimum absolute atomic E-state index is 0.0304.